The topological polar surface area (TPSA) is 47.9 Å². The number of allylic oxidation sites excluding steroid dienone is 1. The Labute approximate surface area is 142 Å². The molecule has 2 unspecified atom stereocenters. The third-order valence-electron chi connectivity index (χ3n) is 4.51. The van der Waals surface area contributed by atoms with Gasteiger partial charge in [-0.2, -0.15) is 0 Å². The zero-order chi connectivity index (χ0) is 17.3. The lowest BCUT2D eigenvalue weighted by atomic mass is 9.91. The van der Waals surface area contributed by atoms with Gasteiger partial charge in [-0.1, -0.05) is 19.1 Å². The molecule has 0 aromatic heterocycles. The van der Waals surface area contributed by atoms with E-state index in [0.29, 0.717) is 17.9 Å². The van der Waals surface area contributed by atoms with Crippen molar-refractivity contribution in [2.75, 3.05) is 14.2 Å². The van der Waals surface area contributed by atoms with Gasteiger partial charge in [-0.25, -0.2) is 0 Å². The van der Waals surface area contributed by atoms with E-state index in [2.05, 4.69) is 13.5 Å². The Hall–Kier alpha value is -2.62. The molecule has 1 aliphatic rings. The molecule has 0 amide bonds. The van der Waals surface area contributed by atoms with Gasteiger partial charge < -0.3 is 19.3 Å². The van der Waals surface area contributed by atoms with Gasteiger partial charge in [-0.15, -0.1) is 6.58 Å². The van der Waals surface area contributed by atoms with Gasteiger partial charge in [-0.05, 0) is 35.7 Å². The van der Waals surface area contributed by atoms with Crippen molar-refractivity contribution in [2.45, 2.75) is 25.4 Å². The van der Waals surface area contributed by atoms with E-state index in [-0.39, 0.29) is 17.8 Å². The van der Waals surface area contributed by atoms with Gasteiger partial charge in [0.05, 0.1) is 14.2 Å². The standard InChI is InChI=1S/C20H22O4/c1-5-6-13-9-15-12(2)20(24-18(15)11-16(13)21)14-7-8-17(22-3)19(10-14)23-4/h5,7-12,20-21H,1,6H2,2-4H3. The molecule has 0 aliphatic carbocycles. The fourth-order valence-electron chi connectivity index (χ4n) is 3.20. The molecule has 2 aromatic carbocycles. The highest BCUT2D eigenvalue weighted by Gasteiger charge is 2.33. The van der Waals surface area contributed by atoms with Crippen LogP contribution in [0.1, 0.15) is 35.6 Å². The lowest BCUT2D eigenvalue weighted by Gasteiger charge is -2.17. The number of hydrogen-bond donors (Lipinski definition) is 1. The van der Waals surface area contributed by atoms with Crippen LogP contribution >= 0.6 is 0 Å². The van der Waals surface area contributed by atoms with Crippen LogP contribution in [0.4, 0.5) is 0 Å². The number of methoxy groups -OCH3 is 2. The Bertz CT molecular complexity index is 766. The summed E-state index contributed by atoms with van der Waals surface area (Å²) in [6.07, 6.45) is 2.29. The van der Waals surface area contributed by atoms with E-state index in [1.54, 1.807) is 26.4 Å². The van der Waals surface area contributed by atoms with Crippen molar-refractivity contribution < 1.29 is 19.3 Å². The molecule has 0 radical (unpaired) electrons. The number of phenols is 1. The number of aromatic hydroxyl groups is 1. The van der Waals surface area contributed by atoms with Crippen LogP contribution in [0.3, 0.4) is 0 Å². The first-order chi connectivity index (χ1) is 11.6. The normalized spacial score (nSPS) is 18.6. The quantitative estimate of drug-likeness (QED) is 0.829. The zero-order valence-electron chi connectivity index (χ0n) is 14.2. The maximum Gasteiger partial charge on any atom is 0.161 e. The van der Waals surface area contributed by atoms with Crippen molar-refractivity contribution in [1.82, 2.24) is 0 Å². The number of fused-ring (bicyclic) bond motifs is 1. The molecule has 24 heavy (non-hydrogen) atoms. The number of phenolic OH excluding ortho intramolecular Hbond substituents is 1. The zero-order valence-corrected chi connectivity index (χ0v) is 14.2. The van der Waals surface area contributed by atoms with Crippen molar-refractivity contribution in [3.8, 4) is 23.0 Å². The summed E-state index contributed by atoms with van der Waals surface area (Å²) >= 11 is 0. The summed E-state index contributed by atoms with van der Waals surface area (Å²) in [4.78, 5) is 0. The first-order valence-corrected chi connectivity index (χ1v) is 7.94. The summed E-state index contributed by atoms with van der Waals surface area (Å²) in [7, 11) is 3.24. The molecule has 4 heteroatoms. The van der Waals surface area contributed by atoms with Gasteiger partial charge in [0.15, 0.2) is 11.5 Å². The maximum atomic E-state index is 10.1. The van der Waals surface area contributed by atoms with Gasteiger partial charge in [-0.3, -0.25) is 0 Å². The van der Waals surface area contributed by atoms with Crippen LogP contribution in [0.5, 0.6) is 23.0 Å². The Morgan fingerprint density at radius 1 is 1.17 bits per heavy atom. The minimum atomic E-state index is -0.127. The molecule has 4 nitrogen and oxygen atoms in total. The Morgan fingerprint density at radius 3 is 2.58 bits per heavy atom. The van der Waals surface area contributed by atoms with Crippen LogP contribution in [0, 0.1) is 0 Å². The maximum absolute atomic E-state index is 10.1. The minimum Gasteiger partial charge on any atom is -0.508 e. The average Bonchev–Trinajstić information content (AvgIpc) is 2.91. The Morgan fingerprint density at radius 2 is 1.92 bits per heavy atom. The van der Waals surface area contributed by atoms with Gasteiger partial charge in [0, 0.05) is 17.5 Å². The highest BCUT2D eigenvalue weighted by atomic mass is 16.5. The second-order valence-corrected chi connectivity index (χ2v) is 5.95. The first-order valence-electron chi connectivity index (χ1n) is 7.94. The number of hydrogen-bond acceptors (Lipinski definition) is 4. The molecule has 0 bridgehead atoms. The Balaban J connectivity index is 1.96. The van der Waals surface area contributed by atoms with E-state index in [1.807, 2.05) is 24.3 Å². The number of benzene rings is 2. The van der Waals surface area contributed by atoms with E-state index < -0.39 is 0 Å². The van der Waals surface area contributed by atoms with E-state index in [1.165, 1.54) is 0 Å². The molecule has 1 heterocycles. The number of ether oxygens (including phenoxy) is 3. The van der Waals surface area contributed by atoms with E-state index in [9.17, 15) is 5.11 Å². The third kappa shape index (κ3) is 2.68. The van der Waals surface area contributed by atoms with Crippen LogP contribution < -0.4 is 14.2 Å². The number of rotatable bonds is 5. The molecular formula is C20H22O4. The minimum absolute atomic E-state index is 0.127. The molecule has 0 spiro atoms. The van der Waals surface area contributed by atoms with Gasteiger partial charge in [0.25, 0.3) is 0 Å². The van der Waals surface area contributed by atoms with Crippen molar-refractivity contribution in [3.63, 3.8) is 0 Å². The van der Waals surface area contributed by atoms with Crippen LogP contribution in [-0.4, -0.2) is 19.3 Å². The summed E-state index contributed by atoms with van der Waals surface area (Å²) in [5.41, 5.74) is 2.98. The molecule has 0 fully saturated rings. The van der Waals surface area contributed by atoms with Crippen molar-refractivity contribution in [3.05, 3.63) is 59.7 Å². The smallest absolute Gasteiger partial charge is 0.161 e. The van der Waals surface area contributed by atoms with Crippen molar-refractivity contribution >= 4 is 0 Å². The molecule has 0 saturated heterocycles. The van der Waals surface area contributed by atoms with Crippen LogP contribution in [-0.2, 0) is 6.42 Å². The fraction of sp³-hybridized carbons (Fsp3) is 0.300. The molecule has 2 aromatic rings. The van der Waals surface area contributed by atoms with Crippen molar-refractivity contribution in [2.24, 2.45) is 0 Å². The lowest BCUT2D eigenvalue weighted by molar-refractivity contribution is 0.214. The summed E-state index contributed by atoms with van der Waals surface area (Å²) in [6, 6.07) is 9.52. The molecule has 0 saturated carbocycles. The molecule has 126 valence electrons. The van der Waals surface area contributed by atoms with Gasteiger partial charge >= 0.3 is 0 Å². The SMILES string of the molecule is C=CCc1cc2c(cc1O)OC(c1ccc(OC)c(OC)c1)C2C. The van der Waals surface area contributed by atoms with Crippen LogP contribution in [0.25, 0.3) is 0 Å². The first kappa shape index (κ1) is 16.2. The molecule has 1 N–H and O–H groups in total. The predicted molar refractivity (Wildman–Crippen MR) is 93.3 cm³/mol. The van der Waals surface area contributed by atoms with Gasteiger partial charge in [0.2, 0.25) is 0 Å². The van der Waals surface area contributed by atoms with Crippen molar-refractivity contribution in [1.29, 1.82) is 0 Å². The largest absolute Gasteiger partial charge is 0.508 e. The summed E-state index contributed by atoms with van der Waals surface area (Å²) in [5, 5.41) is 10.1. The Kier molecular flexibility index (Phi) is 4.38. The second kappa shape index (κ2) is 6.48. The average molecular weight is 326 g/mol. The molecule has 1 aliphatic heterocycles. The van der Waals surface area contributed by atoms with Gasteiger partial charge in [0.1, 0.15) is 17.6 Å². The second-order valence-electron chi connectivity index (χ2n) is 5.95. The van der Waals surface area contributed by atoms with Crippen LogP contribution in [0.2, 0.25) is 0 Å². The molecule has 3 rings (SSSR count). The van der Waals surface area contributed by atoms with Crippen LogP contribution in [0.15, 0.2) is 43.0 Å². The van der Waals surface area contributed by atoms with E-state index in [4.69, 9.17) is 14.2 Å². The monoisotopic (exact) mass is 326 g/mol. The summed E-state index contributed by atoms with van der Waals surface area (Å²) in [6.45, 7) is 5.87. The highest BCUT2D eigenvalue weighted by Crippen LogP contribution is 2.48. The van der Waals surface area contributed by atoms with E-state index in [0.717, 1.165) is 22.4 Å². The molecule has 2 atom stereocenters. The third-order valence-corrected chi connectivity index (χ3v) is 4.51. The summed E-state index contributed by atoms with van der Waals surface area (Å²) in [5.74, 6) is 2.51. The fourth-order valence-corrected chi connectivity index (χ4v) is 3.20. The predicted octanol–water partition coefficient (Wildman–Crippen LogP) is 4.38. The highest BCUT2D eigenvalue weighted by molar-refractivity contribution is 5.52. The summed E-state index contributed by atoms with van der Waals surface area (Å²) < 4.78 is 16.8. The molecular weight excluding hydrogens is 304 g/mol. The lowest BCUT2D eigenvalue weighted by Crippen LogP contribution is -2.07. The van der Waals surface area contributed by atoms with E-state index >= 15 is 0 Å².